The van der Waals surface area contributed by atoms with E-state index in [0.717, 1.165) is 27.8 Å². The summed E-state index contributed by atoms with van der Waals surface area (Å²) in [5.74, 6) is 1.97. The molecule has 0 bridgehead atoms. The lowest BCUT2D eigenvalue weighted by Crippen LogP contribution is -2.00. The lowest BCUT2D eigenvalue weighted by Gasteiger charge is -2.13. The quantitative estimate of drug-likeness (QED) is 0.211. The van der Waals surface area contributed by atoms with Gasteiger partial charge in [0, 0.05) is 16.7 Å². The number of benzene rings is 7. The zero-order chi connectivity index (χ0) is 27.9. The summed E-state index contributed by atoms with van der Waals surface area (Å²) in [4.78, 5) is 15.0. The van der Waals surface area contributed by atoms with Crippen LogP contribution in [0.3, 0.4) is 0 Å². The summed E-state index contributed by atoms with van der Waals surface area (Å²) in [7, 11) is 0. The maximum absolute atomic E-state index is 5.06. The lowest BCUT2D eigenvalue weighted by atomic mass is 9.93. The Morgan fingerprint density at radius 2 is 0.643 bits per heavy atom. The minimum atomic E-state index is 0.653. The molecule has 0 N–H and O–H groups in total. The first-order valence-corrected chi connectivity index (χ1v) is 14.1. The van der Waals surface area contributed by atoms with E-state index in [0.29, 0.717) is 17.5 Å². The molecule has 0 saturated heterocycles. The van der Waals surface area contributed by atoms with Crippen molar-refractivity contribution in [3.63, 3.8) is 0 Å². The summed E-state index contributed by atoms with van der Waals surface area (Å²) in [5, 5.41) is 7.40. The van der Waals surface area contributed by atoms with Crippen LogP contribution < -0.4 is 0 Å². The summed E-state index contributed by atoms with van der Waals surface area (Å²) < 4.78 is 0. The summed E-state index contributed by atoms with van der Waals surface area (Å²) in [6, 6.07) is 52.8. The minimum absolute atomic E-state index is 0.653. The molecule has 0 aliphatic heterocycles. The number of nitrogens with zero attached hydrogens (tertiary/aromatic N) is 3. The molecule has 0 unspecified atom stereocenters. The van der Waals surface area contributed by atoms with Crippen LogP contribution in [0.25, 0.3) is 77.6 Å². The van der Waals surface area contributed by atoms with Gasteiger partial charge in [-0.05, 0) is 55.6 Å². The molecule has 3 heteroatoms. The van der Waals surface area contributed by atoms with Crippen molar-refractivity contribution in [2.24, 2.45) is 0 Å². The molecule has 0 aliphatic rings. The Morgan fingerprint density at radius 1 is 0.238 bits per heavy atom. The van der Waals surface area contributed by atoms with Crippen molar-refractivity contribution in [3.05, 3.63) is 152 Å². The fraction of sp³-hybridized carbons (Fsp3) is 0. The predicted molar refractivity (Wildman–Crippen MR) is 174 cm³/mol. The zero-order valence-electron chi connectivity index (χ0n) is 22.8. The number of aromatic nitrogens is 3. The molecule has 1 heterocycles. The van der Waals surface area contributed by atoms with E-state index < -0.39 is 0 Å². The molecule has 8 rings (SSSR count). The highest BCUT2D eigenvalue weighted by Crippen LogP contribution is 2.37. The van der Waals surface area contributed by atoms with Gasteiger partial charge in [-0.15, -0.1) is 0 Å². The average molecular weight is 536 g/mol. The maximum Gasteiger partial charge on any atom is 0.164 e. The molecule has 0 fully saturated rings. The average Bonchev–Trinajstić information content (AvgIpc) is 3.09. The monoisotopic (exact) mass is 535 g/mol. The first-order chi connectivity index (χ1) is 20.8. The van der Waals surface area contributed by atoms with E-state index >= 15 is 0 Å². The SMILES string of the molecule is c1ccc(-c2cccc(-c3nc(-c4ccccc4)nc(-c4ccc5c6ccccc6c6ccccc6c5c4)n3)c2)cc1. The van der Waals surface area contributed by atoms with Crippen LogP contribution in [0.5, 0.6) is 0 Å². The molecule has 0 spiro atoms. The number of fused-ring (bicyclic) bond motifs is 6. The predicted octanol–water partition coefficient (Wildman–Crippen LogP) is 10.00. The van der Waals surface area contributed by atoms with Crippen LogP contribution in [0.1, 0.15) is 0 Å². The second-order valence-electron chi connectivity index (χ2n) is 10.5. The highest BCUT2D eigenvalue weighted by molar-refractivity contribution is 6.25. The third kappa shape index (κ3) is 4.20. The Morgan fingerprint density at radius 3 is 1.24 bits per heavy atom. The van der Waals surface area contributed by atoms with Crippen LogP contribution in [0.4, 0.5) is 0 Å². The topological polar surface area (TPSA) is 38.7 Å². The molecule has 1 aromatic heterocycles. The Hall–Kier alpha value is -5.67. The van der Waals surface area contributed by atoms with Gasteiger partial charge in [0.2, 0.25) is 0 Å². The van der Waals surface area contributed by atoms with E-state index in [1.807, 2.05) is 36.4 Å². The fourth-order valence-electron chi connectivity index (χ4n) is 5.87. The zero-order valence-corrected chi connectivity index (χ0v) is 22.8. The van der Waals surface area contributed by atoms with Gasteiger partial charge >= 0.3 is 0 Å². The van der Waals surface area contributed by atoms with Crippen LogP contribution in [-0.4, -0.2) is 15.0 Å². The van der Waals surface area contributed by atoms with Gasteiger partial charge in [0.1, 0.15) is 0 Å². The molecule has 0 aliphatic carbocycles. The summed E-state index contributed by atoms with van der Waals surface area (Å²) in [6.07, 6.45) is 0. The van der Waals surface area contributed by atoms with Gasteiger partial charge in [-0.3, -0.25) is 0 Å². The van der Waals surface area contributed by atoms with Gasteiger partial charge in [-0.1, -0.05) is 140 Å². The Bertz CT molecular complexity index is 2200. The molecular formula is C39H25N3. The van der Waals surface area contributed by atoms with Crippen molar-refractivity contribution >= 4 is 32.3 Å². The van der Waals surface area contributed by atoms with Gasteiger partial charge in [0.25, 0.3) is 0 Å². The van der Waals surface area contributed by atoms with Crippen molar-refractivity contribution in [1.82, 2.24) is 15.0 Å². The van der Waals surface area contributed by atoms with Gasteiger partial charge < -0.3 is 0 Å². The standard InChI is InChI=1S/C39H25N3/c1-3-12-26(13-4-1)28-16-11-17-29(24-28)38-40-37(27-14-5-2-6-15-27)41-39(42-38)30-22-23-35-33-20-8-7-18-31(33)32-19-9-10-21-34(32)36(35)25-30/h1-25H. The normalized spacial score (nSPS) is 11.3. The smallest absolute Gasteiger partial charge is 0.164 e. The number of rotatable bonds is 4. The second-order valence-corrected chi connectivity index (χ2v) is 10.5. The van der Waals surface area contributed by atoms with E-state index in [1.165, 1.54) is 32.3 Å². The van der Waals surface area contributed by atoms with E-state index in [1.54, 1.807) is 0 Å². The van der Waals surface area contributed by atoms with Crippen molar-refractivity contribution in [2.75, 3.05) is 0 Å². The van der Waals surface area contributed by atoms with Crippen LogP contribution >= 0.6 is 0 Å². The first kappa shape index (κ1) is 24.2. The summed E-state index contributed by atoms with van der Waals surface area (Å²) in [6.45, 7) is 0. The molecule has 3 nitrogen and oxygen atoms in total. The van der Waals surface area contributed by atoms with Crippen molar-refractivity contribution in [1.29, 1.82) is 0 Å². The molecule has 0 atom stereocenters. The van der Waals surface area contributed by atoms with Gasteiger partial charge in [-0.2, -0.15) is 0 Å². The van der Waals surface area contributed by atoms with Crippen molar-refractivity contribution < 1.29 is 0 Å². The third-order valence-corrected chi connectivity index (χ3v) is 7.90. The highest BCUT2D eigenvalue weighted by atomic mass is 15.0. The molecule has 8 aromatic rings. The summed E-state index contributed by atoms with van der Waals surface area (Å²) >= 11 is 0. The largest absolute Gasteiger partial charge is 0.208 e. The number of hydrogen-bond donors (Lipinski definition) is 0. The number of hydrogen-bond acceptors (Lipinski definition) is 3. The molecule has 196 valence electrons. The molecular weight excluding hydrogens is 510 g/mol. The van der Waals surface area contributed by atoms with Crippen LogP contribution in [0, 0.1) is 0 Å². The van der Waals surface area contributed by atoms with Crippen LogP contribution in [0.15, 0.2) is 152 Å². The third-order valence-electron chi connectivity index (χ3n) is 7.90. The molecule has 0 amide bonds. The maximum atomic E-state index is 5.06. The second kappa shape index (κ2) is 10.1. The summed E-state index contributed by atoms with van der Waals surface area (Å²) in [5.41, 5.74) is 5.15. The lowest BCUT2D eigenvalue weighted by molar-refractivity contribution is 1.07. The van der Waals surface area contributed by atoms with Crippen LogP contribution in [0.2, 0.25) is 0 Å². The first-order valence-electron chi connectivity index (χ1n) is 14.1. The Labute approximate surface area is 243 Å². The molecule has 42 heavy (non-hydrogen) atoms. The van der Waals surface area contributed by atoms with Crippen LogP contribution in [-0.2, 0) is 0 Å². The van der Waals surface area contributed by atoms with E-state index in [-0.39, 0.29) is 0 Å². The Balaban J connectivity index is 1.35. The minimum Gasteiger partial charge on any atom is -0.208 e. The van der Waals surface area contributed by atoms with E-state index in [9.17, 15) is 0 Å². The van der Waals surface area contributed by atoms with Crippen molar-refractivity contribution in [3.8, 4) is 45.3 Å². The van der Waals surface area contributed by atoms with Crippen molar-refractivity contribution in [2.45, 2.75) is 0 Å². The van der Waals surface area contributed by atoms with E-state index in [4.69, 9.17) is 15.0 Å². The fourth-order valence-corrected chi connectivity index (χ4v) is 5.87. The highest BCUT2D eigenvalue weighted by Gasteiger charge is 2.15. The van der Waals surface area contributed by atoms with Gasteiger partial charge in [0.15, 0.2) is 17.5 Å². The molecule has 0 radical (unpaired) electrons. The van der Waals surface area contributed by atoms with Gasteiger partial charge in [0.05, 0.1) is 0 Å². The van der Waals surface area contributed by atoms with E-state index in [2.05, 4.69) is 115 Å². The van der Waals surface area contributed by atoms with Gasteiger partial charge in [-0.25, -0.2) is 15.0 Å². The molecule has 0 saturated carbocycles. The molecule has 7 aromatic carbocycles. The Kier molecular flexibility index (Phi) is 5.79.